The quantitative estimate of drug-likeness (QED) is 0.0177. The van der Waals surface area contributed by atoms with Gasteiger partial charge in [-0.15, -0.1) is 0 Å². The highest BCUT2D eigenvalue weighted by molar-refractivity contribution is 5.98. The van der Waals surface area contributed by atoms with Gasteiger partial charge in [0.05, 0.1) is 60.3 Å². The normalized spacial score (nSPS) is 17.3. The zero-order valence-electron chi connectivity index (χ0n) is 85.9. The van der Waals surface area contributed by atoms with Gasteiger partial charge >= 0.3 is 24.1 Å². The summed E-state index contributed by atoms with van der Waals surface area (Å²) < 4.78 is 20.7. The fraction of sp³-hybridized carbons (Fsp3) is 0.667. The van der Waals surface area contributed by atoms with Crippen LogP contribution in [0.25, 0.3) is 0 Å². The van der Waals surface area contributed by atoms with Crippen LogP contribution in [0, 0.1) is 73.4 Å². The van der Waals surface area contributed by atoms with Crippen LogP contribution in [0.2, 0.25) is 0 Å². The molecule has 4 aromatic carbocycles. The van der Waals surface area contributed by atoms with E-state index in [1.807, 2.05) is 274 Å². The van der Waals surface area contributed by atoms with Crippen LogP contribution < -0.4 is 22.1 Å². The highest BCUT2D eigenvalue weighted by Crippen LogP contribution is 2.39. The molecule has 0 radical (unpaired) electrons. The third-order valence-corrected chi connectivity index (χ3v) is 22.9. The van der Waals surface area contributed by atoms with Crippen molar-refractivity contribution in [2.75, 3.05) is 13.1 Å². The van der Waals surface area contributed by atoms with Crippen molar-refractivity contribution in [3.8, 4) is 0 Å². The first kappa shape index (κ1) is 137. The van der Waals surface area contributed by atoms with E-state index in [1.54, 1.807) is 20.8 Å². The first-order valence-electron chi connectivity index (χ1n) is 47.2. The molecule has 0 spiro atoms. The zero-order chi connectivity index (χ0) is 102. The molecule has 2 aliphatic heterocycles. The fourth-order valence-electron chi connectivity index (χ4n) is 14.3. The van der Waals surface area contributed by atoms with Crippen LogP contribution in [0.3, 0.4) is 0 Å². The number of aliphatic hydroxyl groups excluding tert-OH is 4. The summed E-state index contributed by atoms with van der Waals surface area (Å²) in [5.41, 5.74) is 11.8. The second-order valence-electron chi connectivity index (χ2n) is 43.2. The maximum absolute atomic E-state index is 13.3. The van der Waals surface area contributed by atoms with Gasteiger partial charge in [0.15, 0.2) is 23.1 Å². The highest BCUT2D eigenvalue weighted by atomic mass is 16.6. The van der Waals surface area contributed by atoms with Crippen molar-refractivity contribution >= 4 is 76.4 Å². The number of aliphatic hydroxyl groups is 4. The van der Waals surface area contributed by atoms with E-state index in [0.717, 1.165) is 35.1 Å². The highest BCUT2D eigenvalue weighted by Gasteiger charge is 2.47. The number of likely N-dealkylation sites (tertiary alicyclic amines) is 2. The average molecular weight is 1940 g/mol. The van der Waals surface area contributed by atoms with Crippen LogP contribution in [0.4, 0.5) is 9.59 Å². The minimum absolute atomic E-state index is 0. The summed E-state index contributed by atoms with van der Waals surface area (Å²) in [6.45, 7) is 57.2. The topological polar surface area (TPSA) is 422 Å². The van der Waals surface area contributed by atoms with Crippen molar-refractivity contribution in [1.82, 2.24) is 20.4 Å². The number of nitrogens with two attached hydrogens (primary N) is 2. The van der Waals surface area contributed by atoms with E-state index in [2.05, 4.69) is 24.5 Å². The molecule has 14 unspecified atom stereocenters. The van der Waals surface area contributed by atoms with Gasteiger partial charge in [-0.1, -0.05) is 337 Å². The molecule has 27 heteroatoms. The molecule has 1 aliphatic carbocycles. The number of Topliss-reactive ketones (excluding diaryl/α,β-unsaturated/α-hetero) is 7. The number of alkyl carbamates (subject to hydrolysis) is 2. The summed E-state index contributed by atoms with van der Waals surface area (Å²) in [4.78, 5) is 162. The maximum Gasteiger partial charge on any atom is 0.408 e. The number of ether oxygens (including phenoxy) is 4. The van der Waals surface area contributed by atoms with E-state index in [-0.39, 0.29) is 151 Å². The number of amides is 4. The molecule has 3 aliphatic rings. The Labute approximate surface area is 831 Å². The van der Waals surface area contributed by atoms with Crippen LogP contribution >= 0.6 is 0 Å². The van der Waals surface area contributed by atoms with Gasteiger partial charge in [-0.25, -0.2) is 9.59 Å². The molecular weight excluding hydrogens is 1750 g/mol. The second-order valence-corrected chi connectivity index (χ2v) is 43.2. The van der Waals surface area contributed by atoms with Crippen molar-refractivity contribution < 1.29 is 102 Å². The van der Waals surface area contributed by atoms with Crippen molar-refractivity contribution in [2.24, 2.45) is 84.9 Å². The lowest BCUT2D eigenvalue weighted by Gasteiger charge is -2.33. The van der Waals surface area contributed by atoms with Gasteiger partial charge in [0.2, 0.25) is 11.8 Å². The van der Waals surface area contributed by atoms with Gasteiger partial charge in [-0.05, 0) is 121 Å². The molecule has 4 aromatic rings. The minimum Gasteiger partial charge on any atom is -0.461 e. The van der Waals surface area contributed by atoms with E-state index in [0.29, 0.717) is 76.3 Å². The molecule has 3 fully saturated rings. The number of nitrogens with one attached hydrogen (secondary N) is 2. The molecule has 7 rings (SSSR count). The van der Waals surface area contributed by atoms with Gasteiger partial charge in [-0.2, -0.15) is 0 Å². The molecule has 27 nitrogen and oxygen atoms in total. The number of rotatable bonds is 30. The summed E-state index contributed by atoms with van der Waals surface area (Å²) in [5, 5.41) is 44.8. The molecule has 4 amide bonds. The van der Waals surface area contributed by atoms with E-state index in [9.17, 15) is 82.8 Å². The van der Waals surface area contributed by atoms with Gasteiger partial charge in [0.1, 0.15) is 61.9 Å². The minimum atomic E-state index is -1.15. The standard InChI is InChI=1S/C23H34N2O5.C22H31NO5.C17H24O4.C13H24N2O3.C12H16O2.C10H20O.C9H19NO.5CH4/c1-5-10-18(26)19(24-22(29)30-15-16-11-7-6-8-12-16)21(28)25-14-9-13-17(25)20(27)23(2,3)4;1-14(24)18(23-21(27)28-13-15-9-6-5-7-10-15)19(25)16-11-8-12-17(16)20(26)22(2,3)4;1-12(18)14(16(20)17(2,3)4)10-15(19)21-11-13-8-6-5-7-9-13;1-8(16)10(14)12(18)15-7-5-6-9(15)11(17)13(2,3)4;1-12(2,3)11(13)14-9-10-7-5-4-6-8-10;1-7(2)8(3)9(11)10(4,5)6;1-6(2)7(10)8(11)9(3,4)5;;;;;/h6-8,11-12,17-19,26H,5,9-10,13-15H2,1-4H3,(H,24,29);5-7,9-10,14,16-18,24H,8,11-13H2,1-4H3,(H,23,27);5-9,12,14,18H,10-11H2,1-4H3;8-10,16H,5-7,14H2,1-4H3;4-8H,9H2,1-3H3;7-8H,1-6H3;6-7H,10H2,1-5H3;5*1H4. The maximum atomic E-state index is 13.3. The SMILES string of the molecule is C.C.C.C.C.CC(C)(C)C(=O)OCc1ccccc1.CC(C)C(C)C(=O)C(C)(C)C.CC(C)C(N)C(=O)C(C)(C)C.CC(O)C(CC(=O)OCc1ccccc1)C(=O)C(C)(C)C.CC(O)C(N)C(=O)N1CCCC1C(=O)C(C)(C)C.CC(O)C(NC(=O)OCc1ccccc1)C(=O)C1CCCC1C(=O)C(C)(C)C.CCCC(O)C(NC(=O)OCc1ccccc1)C(=O)N1CCCC1C(=O)C(C)(C)C. The van der Waals surface area contributed by atoms with Crippen molar-refractivity contribution in [2.45, 2.75) is 396 Å². The number of hydrogen-bond acceptors (Lipinski definition) is 23. The van der Waals surface area contributed by atoms with Crippen LogP contribution in [0.15, 0.2) is 121 Å². The monoisotopic (exact) mass is 1940 g/mol. The Hall–Kier alpha value is -9.25. The van der Waals surface area contributed by atoms with Crippen molar-refractivity contribution in [3.63, 3.8) is 0 Å². The Morgan fingerprint density at radius 3 is 1.01 bits per heavy atom. The molecule has 0 aromatic heterocycles. The summed E-state index contributed by atoms with van der Waals surface area (Å²) in [6.07, 6.45) is 0.303. The molecule has 0 bridgehead atoms. The summed E-state index contributed by atoms with van der Waals surface area (Å²) in [7, 11) is 0. The Morgan fingerprint density at radius 1 is 0.377 bits per heavy atom. The average Bonchev–Trinajstić information content (AvgIpc) is 1.65. The third kappa shape index (κ3) is 49.2. The predicted octanol–water partition coefficient (Wildman–Crippen LogP) is 19.8. The lowest BCUT2D eigenvalue weighted by Crippen LogP contribution is -2.57. The van der Waals surface area contributed by atoms with E-state index >= 15 is 0 Å². The Morgan fingerprint density at radius 2 is 0.717 bits per heavy atom. The molecule has 1 saturated carbocycles. The van der Waals surface area contributed by atoms with Crippen LogP contribution in [-0.4, -0.2) is 180 Å². The first-order chi connectivity index (χ1) is 61.2. The summed E-state index contributed by atoms with van der Waals surface area (Å²) in [5.74, 6) is -1.90. The Balaban J connectivity index is -0.000000510. The molecule has 2 heterocycles. The summed E-state index contributed by atoms with van der Waals surface area (Å²) >= 11 is 0. The number of hydrogen-bond donors (Lipinski definition) is 8. The molecule has 2 saturated heterocycles. The molecular formula is C111H188N6O21. The van der Waals surface area contributed by atoms with Crippen LogP contribution in [-0.2, 0) is 98.1 Å². The smallest absolute Gasteiger partial charge is 0.408 e. The number of carbonyl (C=O) groups excluding carboxylic acids is 13. The summed E-state index contributed by atoms with van der Waals surface area (Å²) in [6, 6.07) is 33.0. The lowest BCUT2D eigenvalue weighted by molar-refractivity contribution is -0.154. The molecule has 138 heavy (non-hydrogen) atoms. The third-order valence-electron chi connectivity index (χ3n) is 22.9. The first-order valence-corrected chi connectivity index (χ1v) is 47.2. The Kier molecular flexibility index (Phi) is 63.2. The van der Waals surface area contributed by atoms with Gasteiger partial charge in [-0.3, -0.25) is 52.7 Å². The van der Waals surface area contributed by atoms with Crippen LogP contribution in [0.5, 0.6) is 0 Å². The number of benzene rings is 4. The van der Waals surface area contributed by atoms with Gasteiger partial charge in [0.25, 0.3) is 0 Å². The number of nitrogens with zero attached hydrogens (tertiary/aromatic N) is 2. The fourth-order valence-corrected chi connectivity index (χ4v) is 14.3. The van der Waals surface area contributed by atoms with E-state index in [4.69, 9.17) is 30.4 Å². The van der Waals surface area contributed by atoms with E-state index < -0.39 is 112 Å². The van der Waals surface area contributed by atoms with E-state index in [1.165, 1.54) is 30.6 Å². The Bertz CT molecular complexity index is 4220. The molecule has 10 N–H and O–H groups in total. The number of esters is 2. The van der Waals surface area contributed by atoms with Crippen molar-refractivity contribution in [1.29, 1.82) is 0 Å². The zero-order valence-corrected chi connectivity index (χ0v) is 85.9. The number of carbonyl (C=O) groups is 13. The predicted molar refractivity (Wildman–Crippen MR) is 554 cm³/mol. The van der Waals surface area contributed by atoms with Gasteiger partial charge in [0, 0.05) is 63.3 Å². The van der Waals surface area contributed by atoms with Crippen LogP contribution in [0.1, 0.15) is 331 Å². The lowest BCUT2D eigenvalue weighted by atomic mass is 9.76. The second kappa shape index (κ2) is 63.5. The van der Waals surface area contributed by atoms with Crippen molar-refractivity contribution in [3.05, 3.63) is 144 Å². The largest absolute Gasteiger partial charge is 0.461 e. The number of ketones is 7. The molecule has 14 atom stereocenters. The van der Waals surface area contributed by atoms with Gasteiger partial charge < -0.3 is 71.3 Å². The molecule has 788 valence electrons.